The van der Waals surface area contributed by atoms with Gasteiger partial charge in [-0.3, -0.25) is 10.2 Å². The Kier molecular flexibility index (Phi) is 5.94. The van der Waals surface area contributed by atoms with Crippen molar-refractivity contribution in [2.45, 2.75) is 13.3 Å². The second-order valence-corrected chi connectivity index (χ2v) is 8.66. The lowest BCUT2D eigenvalue weighted by Crippen LogP contribution is -2.35. The van der Waals surface area contributed by atoms with Crippen molar-refractivity contribution in [1.29, 1.82) is 5.41 Å². The maximum absolute atomic E-state index is 12.5. The molecule has 8 nitrogen and oxygen atoms in total. The Morgan fingerprint density at radius 3 is 2.87 bits per heavy atom. The quantitative estimate of drug-likeness (QED) is 0.384. The molecular weight excluding hydrogens is 460 g/mol. The molecule has 1 N–H and O–H groups in total. The van der Waals surface area contributed by atoms with E-state index in [9.17, 15) is 9.59 Å². The topological polar surface area (TPSA) is 104 Å². The highest BCUT2D eigenvalue weighted by Gasteiger charge is 2.35. The van der Waals surface area contributed by atoms with Crippen LogP contribution in [0.5, 0.6) is 11.5 Å². The number of rotatable bonds is 5. The molecule has 1 amide bonds. The number of hydrazone groups is 1. The molecule has 3 heterocycles. The summed E-state index contributed by atoms with van der Waals surface area (Å²) in [4.78, 5) is 29.3. The van der Waals surface area contributed by atoms with Crippen molar-refractivity contribution in [2.24, 2.45) is 10.1 Å². The van der Waals surface area contributed by atoms with Gasteiger partial charge in [0.2, 0.25) is 5.17 Å². The summed E-state index contributed by atoms with van der Waals surface area (Å²) >= 11 is 8.87. The fraction of sp³-hybridized carbons (Fsp3) is 0.150. The molecule has 2 aliphatic heterocycles. The summed E-state index contributed by atoms with van der Waals surface area (Å²) < 4.78 is 10.8. The third-order valence-electron chi connectivity index (χ3n) is 4.28. The van der Waals surface area contributed by atoms with Crippen LogP contribution in [0.1, 0.15) is 28.6 Å². The van der Waals surface area contributed by atoms with Gasteiger partial charge in [0, 0.05) is 0 Å². The van der Waals surface area contributed by atoms with Crippen LogP contribution in [-0.4, -0.2) is 40.0 Å². The van der Waals surface area contributed by atoms with Crippen molar-refractivity contribution in [3.63, 3.8) is 0 Å². The number of nitrogens with zero attached hydrogens (tertiary/aromatic N) is 3. The van der Waals surface area contributed by atoms with Crippen molar-refractivity contribution in [2.75, 3.05) is 7.11 Å². The van der Waals surface area contributed by atoms with Crippen LogP contribution in [0, 0.1) is 5.41 Å². The van der Waals surface area contributed by atoms with Gasteiger partial charge in [-0.2, -0.15) is 15.1 Å². The zero-order valence-electron chi connectivity index (χ0n) is 16.3. The second kappa shape index (κ2) is 8.66. The Morgan fingerprint density at radius 1 is 1.39 bits per heavy atom. The molecule has 1 aromatic heterocycles. The Labute approximate surface area is 190 Å². The van der Waals surface area contributed by atoms with Crippen LogP contribution in [0.3, 0.4) is 0 Å². The number of hydrogen-bond acceptors (Lipinski definition) is 8. The van der Waals surface area contributed by atoms with Crippen LogP contribution in [-0.2, 0) is 4.79 Å². The number of hydrogen-bond donors (Lipinski definition) is 1. The van der Waals surface area contributed by atoms with Gasteiger partial charge < -0.3 is 9.47 Å². The number of thiophene rings is 1. The summed E-state index contributed by atoms with van der Waals surface area (Å²) in [5, 5.41) is 17.1. The van der Waals surface area contributed by atoms with E-state index in [4.69, 9.17) is 26.5 Å². The number of nitrogens with one attached hydrogen (secondary N) is 1. The average molecular weight is 475 g/mol. The van der Waals surface area contributed by atoms with E-state index < -0.39 is 11.9 Å². The number of benzene rings is 1. The van der Waals surface area contributed by atoms with Crippen LogP contribution in [0.2, 0.25) is 5.02 Å². The average Bonchev–Trinajstić information content (AvgIpc) is 3.42. The van der Waals surface area contributed by atoms with Gasteiger partial charge in [-0.05, 0) is 53.4 Å². The highest BCUT2D eigenvalue weighted by atomic mass is 35.5. The minimum atomic E-state index is -0.552. The number of amides is 1. The number of fused-ring (bicyclic) bond motifs is 1. The first kappa shape index (κ1) is 21.3. The third kappa shape index (κ3) is 4.14. The standard InChI is InChI=1S/C20H15ClN4O4S2/c1-3-15-24-25-17(22)11(18(26)23-20(25)31-15)7-10-8-12(21)16(13(9-10)28-2)29-19(27)14-5-4-6-30-14/h4-9,22H,3H2,1-2H3. The SMILES string of the molecule is CCC1=NN2C(=N)C(=Cc3cc(Cl)c(OC(=O)c4cccs4)c(OC)c3)C(=O)N=C2S1. The van der Waals surface area contributed by atoms with E-state index in [-0.39, 0.29) is 27.9 Å². The molecule has 0 fully saturated rings. The number of esters is 1. The molecule has 0 atom stereocenters. The Morgan fingerprint density at radius 2 is 2.19 bits per heavy atom. The van der Waals surface area contributed by atoms with E-state index in [1.54, 1.807) is 23.6 Å². The lowest BCUT2D eigenvalue weighted by atomic mass is 10.1. The van der Waals surface area contributed by atoms with Gasteiger partial charge in [0.1, 0.15) is 9.92 Å². The van der Waals surface area contributed by atoms with Crippen molar-refractivity contribution in [3.05, 3.63) is 50.7 Å². The number of halogens is 1. The fourth-order valence-electron chi connectivity index (χ4n) is 2.80. The number of methoxy groups -OCH3 is 1. The van der Waals surface area contributed by atoms with E-state index in [0.717, 1.165) is 5.04 Å². The van der Waals surface area contributed by atoms with Gasteiger partial charge in [-0.25, -0.2) is 4.79 Å². The maximum Gasteiger partial charge on any atom is 0.353 e. The van der Waals surface area contributed by atoms with Crippen LogP contribution in [0.4, 0.5) is 0 Å². The normalized spacial score (nSPS) is 16.9. The van der Waals surface area contributed by atoms with E-state index in [0.29, 0.717) is 22.0 Å². The van der Waals surface area contributed by atoms with Gasteiger partial charge in [0.15, 0.2) is 17.3 Å². The smallest absolute Gasteiger partial charge is 0.353 e. The monoisotopic (exact) mass is 474 g/mol. The molecule has 11 heteroatoms. The number of amidine groups is 2. The first-order chi connectivity index (χ1) is 14.9. The van der Waals surface area contributed by atoms with Crippen LogP contribution >= 0.6 is 34.7 Å². The second-order valence-electron chi connectivity index (χ2n) is 6.27. The minimum Gasteiger partial charge on any atom is -0.493 e. The summed E-state index contributed by atoms with van der Waals surface area (Å²) in [5.74, 6) is -0.883. The molecule has 0 bridgehead atoms. The number of thioether (sulfide) groups is 1. The molecule has 0 aliphatic carbocycles. The fourth-order valence-corrected chi connectivity index (χ4v) is 4.48. The van der Waals surface area contributed by atoms with Gasteiger partial charge in [0.05, 0.1) is 17.7 Å². The Balaban J connectivity index is 1.66. The van der Waals surface area contributed by atoms with E-state index >= 15 is 0 Å². The molecule has 0 saturated heterocycles. The predicted octanol–water partition coefficient (Wildman–Crippen LogP) is 4.66. The molecule has 0 radical (unpaired) electrons. The highest BCUT2D eigenvalue weighted by Crippen LogP contribution is 2.38. The molecule has 2 aromatic rings. The molecule has 2 aliphatic rings. The summed E-state index contributed by atoms with van der Waals surface area (Å²) in [6.45, 7) is 1.94. The Hall–Kier alpha value is -2.95. The molecule has 158 valence electrons. The van der Waals surface area contributed by atoms with Crippen molar-refractivity contribution in [1.82, 2.24) is 5.01 Å². The summed E-state index contributed by atoms with van der Waals surface area (Å²) in [6, 6.07) is 6.47. The van der Waals surface area contributed by atoms with Gasteiger partial charge in [-0.1, -0.05) is 24.6 Å². The molecule has 0 unspecified atom stereocenters. The van der Waals surface area contributed by atoms with Crippen LogP contribution < -0.4 is 9.47 Å². The summed E-state index contributed by atoms with van der Waals surface area (Å²) in [6.07, 6.45) is 2.16. The lowest BCUT2D eigenvalue weighted by Gasteiger charge is -2.20. The Bertz CT molecular complexity index is 1190. The first-order valence-corrected chi connectivity index (χ1v) is 11.1. The zero-order valence-corrected chi connectivity index (χ0v) is 18.7. The van der Waals surface area contributed by atoms with Gasteiger partial charge in [-0.15, -0.1) is 11.3 Å². The maximum atomic E-state index is 12.5. The third-order valence-corrected chi connectivity index (χ3v) is 6.46. The number of aliphatic imine (C=N–C) groups is 1. The van der Waals surface area contributed by atoms with E-state index in [1.165, 1.54) is 47.4 Å². The van der Waals surface area contributed by atoms with Crippen molar-refractivity contribution in [3.8, 4) is 11.5 Å². The van der Waals surface area contributed by atoms with Gasteiger partial charge in [0.25, 0.3) is 5.91 Å². The number of ether oxygens (including phenoxy) is 2. The zero-order chi connectivity index (χ0) is 22.1. The number of carbonyl (C=O) groups excluding carboxylic acids is 2. The molecule has 0 spiro atoms. The predicted molar refractivity (Wildman–Crippen MR) is 123 cm³/mol. The first-order valence-electron chi connectivity index (χ1n) is 9.03. The lowest BCUT2D eigenvalue weighted by molar-refractivity contribution is -0.114. The van der Waals surface area contributed by atoms with Crippen LogP contribution in [0.25, 0.3) is 6.08 Å². The summed E-state index contributed by atoms with van der Waals surface area (Å²) in [7, 11) is 1.41. The molecule has 1 aromatic carbocycles. The summed E-state index contributed by atoms with van der Waals surface area (Å²) in [5.41, 5.74) is 0.544. The van der Waals surface area contributed by atoms with Gasteiger partial charge >= 0.3 is 5.97 Å². The molecule has 31 heavy (non-hydrogen) atoms. The van der Waals surface area contributed by atoms with Crippen molar-refractivity contribution < 1.29 is 19.1 Å². The van der Waals surface area contributed by atoms with E-state index in [2.05, 4.69) is 10.1 Å². The number of carbonyl (C=O) groups is 2. The molecular formula is C20H15ClN4O4S2. The van der Waals surface area contributed by atoms with Crippen LogP contribution in [0.15, 0.2) is 45.3 Å². The minimum absolute atomic E-state index is 0.0619. The largest absolute Gasteiger partial charge is 0.493 e. The molecule has 4 rings (SSSR count). The van der Waals surface area contributed by atoms with Crippen molar-refractivity contribution >= 4 is 68.7 Å². The molecule has 0 saturated carbocycles. The van der Waals surface area contributed by atoms with E-state index in [1.807, 2.05) is 6.92 Å². The highest BCUT2D eigenvalue weighted by molar-refractivity contribution is 8.26.